The van der Waals surface area contributed by atoms with Gasteiger partial charge in [-0.05, 0) is 48.0 Å². The lowest BCUT2D eigenvalue weighted by atomic mass is 10.2. The predicted octanol–water partition coefficient (Wildman–Crippen LogP) is 2.03. The largest absolute Gasteiger partial charge is 0.246 e. The zero-order valence-corrected chi connectivity index (χ0v) is 12.1. The van der Waals surface area contributed by atoms with Crippen LogP contribution in [0.2, 0.25) is 0 Å². The first-order valence-electron chi connectivity index (χ1n) is 7.03. The molecule has 0 saturated carbocycles. The molecule has 0 aliphatic heterocycles. The van der Waals surface area contributed by atoms with E-state index in [9.17, 15) is 0 Å². The van der Waals surface area contributed by atoms with Crippen LogP contribution < -0.4 is 0 Å². The van der Waals surface area contributed by atoms with Crippen LogP contribution in [-0.4, -0.2) is 35.0 Å². The second-order valence-corrected chi connectivity index (χ2v) is 4.86. The number of rotatable bonds is 5. The van der Waals surface area contributed by atoms with Crippen LogP contribution in [-0.2, 0) is 6.54 Å². The monoisotopic (exact) mass is 283 g/mol. The Hall–Kier alpha value is -2.57. The third-order valence-electron chi connectivity index (χ3n) is 3.24. The molecule has 0 bridgehead atoms. The second-order valence-electron chi connectivity index (χ2n) is 4.86. The number of aryl methyl sites for hydroxylation is 2. The van der Waals surface area contributed by atoms with Gasteiger partial charge >= 0.3 is 0 Å². The Labute approximate surface area is 122 Å². The number of hydrogen-bond donors (Lipinski definition) is 0. The van der Waals surface area contributed by atoms with Crippen LogP contribution in [0.1, 0.15) is 25.6 Å². The number of unbranched alkanes of at least 4 members (excludes halogenated alkanes) is 1. The minimum Gasteiger partial charge on any atom is -0.246 e. The van der Waals surface area contributed by atoms with Gasteiger partial charge in [0.05, 0.1) is 5.69 Å². The minimum absolute atomic E-state index is 0.797. The molecule has 0 aliphatic carbocycles. The van der Waals surface area contributed by atoms with E-state index in [4.69, 9.17) is 0 Å². The molecule has 0 radical (unpaired) electrons. The van der Waals surface area contributed by atoms with Gasteiger partial charge in [0.1, 0.15) is 12.2 Å². The Kier molecular flexibility index (Phi) is 3.72. The number of tetrazole rings is 1. The normalized spacial score (nSPS) is 11.0. The average molecular weight is 283 g/mol. The van der Waals surface area contributed by atoms with Crippen LogP contribution in [0.3, 0.4) is 0 Å². The van der Waals surface area contributed by atoms with Crippen molar-refractivity contribution in [3.63, 3.8) is 0 Å². The van der Waals surface area contributed by atoms with E-state index in [1.54, 1.807) is 11.0 Å². The number of aromatic nitrogens is 7. The molecule has 3 aromatic rings. The molecule has 1 aromatic carbocycles. The van der Waals surface area contributed by atoms with Gasteiger partial charge in [0.15, 0.2) is 5.82 Å². The lowest BCUT2D eigenvalue weighted by molar-refractivity contribution is 0.573. The van der Waals surface area contributed by atoms with Gasteiger partial charge in [-0.3, -0.25) is 0 Å². The third kappa shape index (κ3) is 2.81. The third-order valence-corrected chi connectivity index (χ3v) is 3.24. The van der Waals surface area contributed by atoms with Crippen molar-refractivity contribution < 1.29 is 0 Å². The van der Waals surface area contributed by atoms with Crippen LogP contribution >= 0.6 is 0 Å². The maximum Gasteiger partial charge on any atom is 0.158 e. The molecular formula is C14H17N7. The van der Waals surface area contributed by atoms with Crippen LogP contribution in [0, 0.1) is 6.92 Å². The fraction of sp³-hybridized carbons (Fsp3) is 0.357. The van der Waals surface area contributed by atoms with E-state index >= 15 is 0 Å². The number of hydrogen-bond acceptors (Lipinski definition) is 5. The minimum atomic E-state index is 0.797. The Morgan fingerprint density at radius 2 is 1.95 bits per heavy atom. The molecule has 2 aromatic heterocycles. The highest BCUT2D eigenvalue weighted by molar-refractivity contribution is 5.57. The van der Waals surface area contributed by atoms with Gasteiger partial charge in [-0.25, -0.2) is 14.3 Å². The van der Waals surface area contributed by atoms with E-state index < -0.39 is 0 Å². The summed E-state index contributed by atoms with van der Waals surface area (Å²) in [5, 5.41) is 15.6. The molecule has 0 unspecified atom stereocenters. The first-order valence-corrected chi connectivity index (χ1v) is 7.03. The Morgan fingerprint density at radius 3 is 2.62 bits per heavy atom. The van der Waals surface area contributed by atoms with Gasteiger partial charge < -0.3 is 0 Å². The number of benzene rings is 1. The Morgan fingerprint density at radius 1 is 1.14 bits per heavy atom. The molecule has 7 nitrogen and oxygen atoms in total. The van der Waals surface area contributed by atoms with E-state index in [-0.39, 0.29) is 0 Å². The van der Waals surface area contributed by atoms with Gasteiger partial charge in [0.2, 0.25) is 0 Å². The summed E-state index contributed by atoms with van der Waals surface area (Å²) in [6, 6.07) is 7.98. The maximum atomic E-state index is 4.53. The summed E-state index contributed by atoms with van der Waals surface area (Å²) in [5.74, 6) is 1.70. The quantitative estimate of drug-likeness (QED) is 0.716. The molecule has 3 rings (SSSR count). The molecule has 0 atom stereocenters. The van der Waals surface area contributed by atoms with Gasteiger partial charge in [-0.15, -0.1) is 5.10 Å². The molecule has 108 valence electrons. The number of nitrogens with zero attached hydrogens (tertiary/aromatic N) is 7. The predicted molar refractivity (Wildman–Crippen MR) is 77.8 cm³/mol. The maximum absolute atomic E-state index is 4.53. The van der Waals surface area contributed by atoms with E-state index in [1.807, 2.05) is 35.9 Å². The first kappa shape index (κ1) is 13.4. The van der Waals surface area contributed by atoms with Crippen molar-refractivity contribution in [1.29, 1.82) is 0 Å². The van der Waals surface area contributed by atoms with E-state index in [0.717, 1.165) is 42.3 Å². The molecule has 0 saturated heterocycles. The van der Waals surface area contributed by atoms with Gasteiger partial charge in [0, 0.05) is 12.1 Å². The molecule has 0 N–H and O–H groups in total. The fourth-order valence-electron chi connectivity index (χ4n) is 2.18. The Balaban J connectivity index is 1.90. The van der Waals surface area contributed by atoms with Crippen LogP contribution in [0.4, 0.5) is 0 Å². The topological polar surface area (TPSA) is 74.3 Å². The van der Waals surface area contributed by atoms with Crippen LogP contribution in [0.5, 0.6) is 0 Å². The van der Waals surface area contributed by atoms with E-state index in [2.05, 4.69) is 32.5 Å². The summed E-state index contributed by atoms with van der Waals surface area (Å²) in [4.78, 5) is 4.53. The molecule has 0 fully saturated rings. The van der Waals surface area contributed by atoms with E-state index in [0.29, 0.717) is 0 Å². The Bertz CT molecular complexity index is 698. The first-order chi connectivity index (χ1) is 10.3. The molecule has 0 amide bonds. The highest BCUT2D eigenvalue weighted by Crippen LogP contribution is 2.19. The molecule has 2 heterocycles. The summed E-state index contributed by atoms with van der Waals surface area (Å²) < 4.78 is 3.60. The van der Waals surface area contributed by atoms with Crippen molar-refractivity contribution in [2.75, 3.05) is 0 Å². The summed E-state index contributed by atoms with van der Waals surface area (Å²) in [5.41, 5.74) is 1.96. The van der Waals surface area contributed by atoms with Crippen molar-refractivity contribution in [3.8, 4) is 17.1 Å². The van der Waals surface area contributed by atoms with E-state index in [1.165, 1.54) is 0 Å². The zero-order valence-electron chi connectivity index (χ0n) is 12.1. The van der Waals surface area contributed by atoms with Crippen molar-refractivity contribution in [2.45, 2.75) is 33.2 Å². The molecule has 0 aliphatic rings. The zero-order chi connectivity index (χ0) is 14.7. The van der Waals surface area contributed by atoms with Crippen LogP contribution in [0.15, 0.2) is 30.6 Å². The average Bonchev–Trinajstić information content (AvgIpc) is 3.15. The fourth-order valence-corrected chi connectivity index (χ4v) is 2.18. The smallest absolute Gasteiger partial charge is 0.158 e. The summed E-state index contributed by atoms with van der Waals surface area (Å²) in [7, 11) is 0. The van der Waals surface area contributed by atoms with Gasteiger partial charge in [-0.1, -0.05) is 13.3 Å². The second kappa shape index (κ2) is 5.82. The summed E-state index contributed by atoms with van der Waals surface area (Å²) in [6.45, 7) is 4.98. The van der Waals surface area contributed by atoms with Gasteiger partial charge in [-0.2, -0.15) is 5.10 Å². The summed E-state index contributed by atoms with van der Waals surface area (Å²) >= 11 is 0. The lowest BCUT2D eigenvalue weighted by Crippen LogP contribution is -2.03. The highest BCUT2D eigenvalue weighted by atomic mass is 15.5. The highest BCUT2D eigenvalue weighted by Gasteiger charge is 2.10. The lowest BCUT2D eigenvalue weighted by Gasteiger charge is -2.06. The van der Waals surface area contributed by atoms with Crippen molar-refractivity contribution in [2.24, 2.45) is 0 Å². The molecule has 0 spiro atoms. The van der Waals surface area contributed by atoms with Crippen molar-refractivity contribution in [3.05, 3.63) is 36.4 Å². The van der Waals surface area contributed by atoms with Crippen molar-refractivity contribution in [1.82, 2.24) is 35.0 Å². The van der Waals surface area contributed by atoms with Gasteiger partial charge in [0.25, 0.3) is 0 Å². The molecule has 21 heavy (non-hydrogen) atoms. The molecular weight excluding hydrogens is 266 g/mol. The SMILES string of the molecule is CCCCn1nc(C)nc1-c1ccc(-n2cnnn2)cc1. The van der Waals surface area contributed by atoms with Crippen molar-refractivity contribution >= 4 is 0 Å². The standard InChI is InChI=1S/C14H17N7/c1-3-4-9-20-14(16-11(2)17-20)12-5-7-13(8-6-12)21-10-15-18-19-21/h5-8,10H,3-4,9H2,1-2H3. The molecule has 7 heteroatoms. The van der Waals surface area contributed by atoms with Crippen LogP contribution in [0.25, 0.3) is 17.1 Å². The summed E-state index contributed by atoms with van der Waals surface area (Å²) in [6.07, 6.45) is 3.80.